The molecule has 0 aliphatic rings. The first kappa shape index (κ1) is 17.7. The van der Waals surface area contributed by atoms with Gasteiger partial charge in [-0.3, -0.25) is 9.78 Å². The molecule has 4 nitrogen and oxygen atoms in total. The molecule has 2 aromatic carbocycles. The van der Waals surface area contributed by atoms with Gasteiger partial charge in [0.05, 0.1) is 11.3 Å². The molecule has 3 aromatic rings. The number of nitrogens with one attached hydrogen (secondary N) is 1. The van der Waals surface area contributed by atoms with Crippen LogP contribution in [0.5, 0.6) is 0 Å². The average molecular weight is 345 g/mol. The number of carbonyl (C=O) groups excluding carboxylic acids is 1. The number of hydrogen-bond acceptors (Lipinski definition) is 3. The summed E-state index contributed by atoms with van der Waals surface area (Å²) in [5.41, 5.74) is 4.53. The Morgan fingerprint density at radius 1 is 1.00 bits per heavy atom. The lowest BCUT2D eigenvalue weighted by Gasteiger charge is -2.22. The molecule has 26 heavy (non-hydrogen) atoms. The third-order valence-electron chi connectivity index (χ3n) is 4.31. The van der Waals surface area contributed by atoms with Crippen LogP contribution in [0.3, 0.4) is 0 Å². The first-order chi connectivity index (χ1) is 12.7. The van der Waals surface area contributed by atoms with E-state index in [0.717, 1.165) is 29.9 Å². The number of amides is 1. The summed E-state index contributed by atoms with van der Waals surface area (Å²) in [6.45, 7) is 2.16. The van der Waals surface area contributed by atoms with Crippen LogP contribution in [-0.2, 0) is 6.42 Å². The number of anilines is 3. The Morgan fingerprint density at radius 3 is 2.38 bits per heavy atom. The summed E-state index contributed by atoms with van der Waals surface area (Å²) in [7, 11) is 1.95. The van der Waals surface area contributed by atoms with Crippen molar-refractivity contribution in [2.24, 2.45) is 0 Å². The molecule has 0 bridgehead atoms. The fourth-order valence-corrected chi connectivity index (χ4v) is 2.91. The highest BCUT2D eigenvalue weighted by molar-refractivity contribution is 6.08. The predicted molar refractivity (Wildman–Crippen MR) is 107 cm³/mol. The van der Waals surface area contributed by atoms with Gasteiger partial charge in [0.1, 0.15) is 0 Å². The van der Waals surface area contributed by atoms with Crippen LogP contribution < -0.4 is 10.2 Å². The van der Waals surface area contributed by atoms with E-state index in [1.54, 1.807) is 12.4 Å². The third kappa shape index (κ3) is 4.09. The first-order valence-electron chi connectivity index (χ1n) is 8.82. The second kappa shape index (κ2) is 8.30. The molecule has 0 radical (unpaired) electrons. The van der Waals surface area contributed by atoms with Crippen molar-refractivity contribution in [3.8, 4) is 0 Å². The van der Waals surface area contributed by atoms with Crippen molar-refractivity contribution in [1.29, 1.82) is 0 Å². The molecule has 132 valence electrons. The number of pyridine rings is 1. The van der Waals surface area contributed by atoms with Gasteiger partial charge in [-0.15, -0.1) is 0 Å². The molecule has 0 saturated carbocycles. The van der Waals surface area contributed by atoms with Gasteiger partial charge in [0.25, 0.3) is 5.91 Å². The Hall–Kier alpha value is -3.14. The van der Waals surface area contributed by atoms with Crippen molar-refractivity contribution in [1.82, 2.24) is 4.98 Å². The highest BCUT2D eigenvalue weighted by atomic mass is 16.1. The fourth-order valence-electron chi connectivity index (χ4n) is 2.91. The monoisotopic (exact) mass is 345 g/mol. The van der Waals surface area contributed by atoms with Gasteiger partial charge < -0.3 is 10.2 Å². The molecule has 0 atom stereocenters. The Balaban J connectivity index is 1.81. The molecule has 0 saturated heterocycles. The summed E-state index contributed by atoms with van der Waals surface area (Å²) in [6.07, 6.45) is 5.65. The van der Waals surface area contributed by atoms with Gasteiger partial charge in [-0.25, -0.2) is 0 Å². The predicted octanol–water partition coefficient (Wildman–Crippen LogP) is 5.05. The zero-order chi connectivity index (χ0) is 18.4. The lowest BCUT2D eigenvalue weighted by Crippen LogP contribution is -2.18. The van der Waals surface area contributed by atoms with E-state index in [-0.39, 0.29) is 5.91 Å². The molecule has 1 N–H and O–H groups in total. The zero-order valence-electron chi connectivity index (χ0n) is 15.1. The van der Waals surface area contributed by atoms with Crippen molar-refractivity contribution in [2.75, 3.05) is 17.3 Å². The number of benzene rings is 2. The van der Waals surface area contributed by atoms with E-state index in [4.69, 9.17) is 0 Å². The maximum atomic E-state index is 12.8. The third-order valence-corrected chi connectivity index (χ3v) is 4.31. The van der Waals surface area contributed by atoms with E-state index in [2.05, 4.69) is 29.4 Å². The Kier molecular flexibility index (Phi) is 5.64. The van der Waals surface area contributed by atoms with E-state index in [1.165, 1.54) is 5.56 Å². The lowest BCUT2D eigenvalue weighted by atomic mass is 10.1. The summed E-state index contributed by atoms with van der Waals surface area (Å²) >= 11 is 0. The second-order valence-electron chi connectivity index (χ2n) is 6.18. The Morgan fingerprint density at radius 2 is 1.69 bits per heavy atom. The minimum Gasteiger partial charge on any atom is -0.344 e. The van der Waals surface area contributed by atoms with Crippen LogP contribution in [0.2, 0.25) is 0 Å². The highest BCUT2D eigenvalue weighted by Gasteiger charge is 2.15. The van der Waals surface area contributed by atoms with Crippen molar-refractivity contribution in [3.63, 3.8) is 0 Å². The Labute approximate surface area is 154 Å². The van der Waals surface area contributed by atoms with Gasteiger partial charge in [0.2, 0.25) is 0 Å². The molecule has 0 spiro atoms. The van der Waals surface area contributed by atoms with Crippen molar-refractivity contribution < 1.29 is 4.79 Å². The van der Waals surface area contributed by atoms with Crippen molar-refractivity contribution in [3.05, 3.63) is 84.2 Å². The first-order valence-corrected chi connectivity index (χ1v) is 8.82. The molecule has 0 unspecified atom stereocenters. The van der Waals surface area contributed by atoms with Gasteiger partial charge in [-0.2, -0.15) is 0 Å². The molecule has 0 aliphatic heterocycles. The maximum absolute atomic E-state index is 12.8. The van der Waals surface area contributed by atoms with Gasteiger partial charge >= 0.3 is 0 Å². The summed E-state index contributed by atoms with van der Waals surface area (Å²) in [5, 5.41) is 3.00. The number of para-hydroxylation sites is 1. The molecular weight excluding hydrogens is 322 g/mol. The summed E-state index contributed by atoms with van der Waals surface area (Å²) < 4.78 is 0. The van der Waals surface area contributed by atoms with Crippen LogP contribution in [0.15, 0.2) is 73.1 Å². The van der Waals surface area contributed by atoms with E-state index < -0.39 is 0 Å². The van der Waals surface area contributed by atoms with Crippen molar-refractivity contribution >= 4 is 23.0 Å². The van der Waals surface area contributed by atoms with Crippen LogP contribution in [-0.4, -0.2) is 17.9 Å². The summed E-state index contributed by atoms with van der Waals surface area (Å²) in [4.78, 5) is 18.9. The van der Waals surface area contributed by atoms with Crippen LogP contribution in [0, 0.1) is 0 Å². The minimum absolute atomic E-state index is 0.121. The van der Waals surface area contributed by atoms with Crippen LogP contribution in [0.4, 0.5) is 17.1 Å². The largest absolute Gasteiger partial charge is 0.344 e. The summed E-state index contributed by atoms with van der Waals surface area (Å²) in [6, 6.07) is 19.5. The van der Waals surface area contributed by atoms with Gasteiger partial charge in [-0.1, -0.05) is 37.6 Å². The molecule has 0 fully saturated rings. The normalized spacial score (nSPS) is 10.4. The molecular formula is C22H23N3O. The fraction of sp³-hybridized carbons (Fsp3) is 0.182. The molecule has 0 aliphatic carbocycles. The molecule has 3 rings (SSSR count). The van der Waals surface area contributed by atoms with Crippen molar-refractivity contribution in [2.45, 2.75) is 19.8 Å². The van der Waals surface area contributed by atoms with Crippen LogP contribution in [0.25, 0.3) is 0 Å². The van der Waals surface area contributed by atoms with Gasteiger partial charge in [0.15, 0.2) is 0 Å². The number of carbonyl (C=O) groups is 1. The van der Waals surface area contributed by atoms with E-state index in [1.807, 2.05) is 60.5 Å². The maximum Gasteiger partial charge on any atom is 0.257 e. The number of hydrogen-bond donors (Lipinski definition) is 1. The van der Waals surface area contributed by atoms with E-state index >= 15 is 0 Å². The highest BCUT2D eigenvalue weighted by Crippen LogP contribution is 2.27. The number of rotatable bonds is 6. The second-order valence-corrected chi connectivity index (χ2v) is 6.18. The SMILES string of the molecule is CCCc1ccc(NC(=O)c2ccccc2N(C)c2ccncc2)cc1. The minimum atomic E-state index is -0.121. The van der Waals surface area contributed by atoms with Crippen LogP contribution in [0.1, 0.15) is 29.3 Å². The standard InChI is InChI=1S/C22H23N3O/c1-3-6-17-9-11-18(12-10-17)24-22(26)20-7-4-5-8-21(20)25(2)19-13-15-23-16-14-19/h4-5,7-16H,3,6H2,1-2H3,(H,24,26). The van der Waals surface area contributed by atoms with Gasteiger partial charge in [0, 0.05) is 30.8 Å². The van der Waals surface area contributed by atoms with Crippen LogP contribution >= 0.6 is 0 Å². The van der Waals surface area contributed by atoms with E-state index in [9.17, 15) is 4.79 Å². The summed E-state index contributed by atoms with van der Waals surface area (Å²) in [5.74, 6) is -0.121. The number of aryl methyl sites for hydroxylation is 1. The smallest absolute Gasteiger partial charge is 0.257 e. The molecule has 1 heterocycles. The topological polar surface area (TPSA) is 45.2 Å². The Bertz CT molecular complexity index is 860. The van der Waals surface area contributed by atoms with E-state index in [0.29, 0.717) is 5.56 Å². The number of aromatic nitrogens is 1. The molecule has 1 aromatic heterocycles. The quantitative estimate of drug-likeness (QED) is 0.679. The number of nitrogens with zero attached hydrogens (tertiary/aromatic N) is 2. The average Bonchev–Trinajstić information content (AvgIpc) is 2.70. The lowest BCUT2D eigenvalue weighted by molar-refractivity contribution is 0.102. The van der Waals surface area contributed by atoms with Gasteiger partial charge in [-0.05, 0) is 48.4 Å². The molecule has 1 amide bonds. The zero-order valence-corrected chi connectivity index (χ0v) is 15.1. The molecule has 4 heteroatoms.